The van der Waals surface area contributed by atoms with Crippen molar-refractivity contribution in [1.82, 2.24) is 0 Å². The Bertz CT molecular complexity index is 792. The van der Waals surface area contributed by atoms with Gasteiger partial charge in [-0.05, 0) is 12.8 Å². The van der Waals surface area contributed by atoms with Gasteiger partial charge < -0.3 is 18.9 Å². The van der Waals surface area contributed by atoms with E-state index in [1.807, 2.05) is 21.1 Å². The maximum atomic E-state index is 12.7. The minimum absolute atomic E-state index is 0.0935. The van der Waals surface area contributed by atoms with E-state index in [2.05, 4.69) is 13.8 Å². The van der Waals surface area contributed by atoms with Crippen LogP contribution >= 0.6 is 7.82 Å². The number of phosphoric ester groups is 1. The van der Waals surface area contributed by atoms with Gasteiger partial charge in [-0.3, -0.25) is 13.8 Å². The van der Waals surface area contributed by atoms with Gasteiger partial charge in [0.05, 0.1) is 34.4 Å². The zero-order valence-electron chi connectivity index (χ0n) is 34.6. The van der Waals surface area contributed by atoms with Crippen LogP contribution in [0.4, 0.5) is 0 Å². The molecule has 51 heavy (non-hydrogen) atoms. The smallest absolute Gasteiger partial charge is 0.457 e. The first-order chi connectivity index (χ1) is 24.6. The fourth-order valence-electron chi connectivity index (χ4n) is 6.26. The molecule has 0 aromatic rings. The molecule has 1 N–H and O–H groups in total. The molecule has 0 heterocycles. The Morgan fingerprint density at radius 3 is 1.29 bits per heavy atom. The van der Waals surface area contributed by atoms with Crippen LogP contribution in [0.1, 0.15) is 206 Å². The zero-order chi connectivity index (χ0) is 37.7. The second-order valence-electron chi connectivity index (χ2n) is 16.1. The molecule has 8 nitrogen and oxygen atoms in total. The number of phosphoric acid groups is 1. The van der Waals surface area contributed by atoms with Gasteiger partial charge >= 0.3 is 13.8 Å². The first kappa shape index (κ1) is 50.5. The average molecular weight is 749 g/mol. The minimum atomic E-state index is -4.26. The zero-order valence-corrected chi connectivity index (χ0v) is 35.5. The van der Waals surface area contributed by atoms with Crippen LogP contribution in [-0.2, 0) is 27.9 Å². The molecule has 0 saturated heterocycles. The Kier molecular flexibility index (Phi) is 36.1. The van der Waals surface area contributed by atoms with Crippen molar-refractivity contribution in [2.24, 2.45) is 0 Å². The molecule has 0 bridgehead atoms. The summed E-state index contributed by atoms with van der Waals surface area (Å²) in [7, 11) is 1.68. The van der Waals surface area contributed by atoms with Crippen LogP contribution in [0.5, 0.6) is 0 Å². The summed E-state index contributed by atoms with van der Waals surface area (Å²) in [5, 5.41) is 0. The van der Waals surface area contributed by atoms with E-state index in [0.29, 0.717) is 24.1 Å². The molecule has 0 spiro atoms. The fourth-order valence-corrected chi connectivity index (χ4v) is 7.00. The Balaban J connectivity index is 4.08. The molecule has 0 fully saturated rings. The molecular formula is C42H87NO7P+. The SMILES string of the molecule is CCCCCCCCCCCCCCCCCCCCCCC(=O)OC(COCCCCCCCCCCC)COP(=O)(O)OCC[N+](C)(C)C. The first-order valence-corrected chi connectivity index (χ1v) is 23.3. The molecule has 0 rings (SSSR count). The summed E-state index contributed by atoms with van der Waals surface area (Å²) in [6.07, 6.45) is 37.1. The number of ether oxygens (including phenoxy) is 2. The van der Waals surface area contributed by atoms with Gasteiger partial charge in [0.25, 0.3) is 0 Å². The van der Waals surface area contributed by atoms with E-state index in [1.54, 1.807) is 0 Å². The van der Waals surface area contributed by atoms with Gasteiger partial charge in [0.15, 0.2) is 0 Å². The van der Waals surface area contributed by atoms with Crippen molar-refractivity contribution < 1.29 is 37.3 Å². The van der Waals surface area contributed by atoms with E-state index < -0.39 is 13.9 Å². The Hall–Kier alpha value is -0.500. The minimum Gasteiger partial charge on any atom is -0.457 e. The van der Waals surface area contributed by atoms with Crippen molar-refractivity contribution in [2.45, 2.75) is 213 Å². The highest BCUT2D eigenvalue weighted by atomic mass is 31.2. The van der Waals surface area contributed by atoms with Gasteiger partial charge in [0, 0.05) is 13.0 Å². The quantitative estimate of drug-likeness (QED) is 0.0288. The number of rotatable bonds is 41. The van der Waals surface area contributed by atoms with Crippen molar-refractivity contribution in [3.63, 3.8) is 0 Å². The largest absolute Gasteiger partial charge is 0.472 e. The summed E-state index contributed by atoms with van der Waals surface area (Å²) in [5.74, 6) is -0.309. The predicted molar refractivity (Wildman–Crippen MR) is 215 cm³/mol. The molecule has 0 radical (unpaired) electrons. The number of likely N-dealkylation sites (N-methyl/N-ethyl adjacent to an activating group) is 1. The van der Waals surface area contributed by atoms with Crippen LogP contribution in [-0.4, -0.2) is 75.6 Å². The van der Waals surface area contributed by atoms with Gasteiger partial charge in [-0.15, -0.1) is 0 Å². The van der Waals surface area contributed by atoms with Crippen LogP contribution in [0.3, 0.4) is 0 Å². The van der Waals surface area contributed by atoms with Crippen LogP contribution in [0.15, 0.2) is 0 Å². The summed E-state index contributed by atoms with van der Waals surface area (Å²) in [5.41, 5.74) is 0. The standard InChI is InChI=1S/C42H86NO7P/c1-6-8-10-12-14-16-17-18-19-20-21-22-23-24-25-26-27-29-31-33-35-42(44)50-41(40-49-51(45,46)48-38-36-43(3,4)5)39-47-37-34-32-30-28-15-13-11-9-7-2/h41H,6-40H2,1-5H3/p+1. The molecule has 9 heteroatoms. The van der Waals surface area contributed by atoms with E-state index in [9.17, 15) is 14.3 Å². The predicted octanol–water partition coefficient (Wildman–Crippen LogP) is 12.5. The summed E-state index contributed by atoms with van der Waals surface area (Å²) in [6.45, 7) is 5.66. The third-order valence-electron chi connectivity index (χ3n) is 9.67. The number of carbonyl (C=O) groups excluding carboxylic acids is 1. The molecular weight excluding hydrogens is 661 g/mol. The van der Waals surface area contributed by atoms with Crippen molar-refractivity contribution in [2.75, 3.05) is 54.1 Å². The molecule has 2 unspecified atom stereocenters. The average Bonchev–Trinajstić information content (AvgIpc) is 3.08. The molecule has 0 aromatic carbocycles. The third kappa shape index (κ3) is 40.5. The lowest BCUT2D eigenvalue weighted by molar-refractivity contribution is -0.870. The highest BCUT2D eigenvalue weighted by Gasteiger charge is 2.26. The lowest BCUT2D eigenvalue weighted by Gasteiger charge is -2.24. The lowest BCUT2D eigenvalue weighted by atomic mass is 10.0. The highest BCUT2D eigenvalue weighted by molar-refractivity contribution is 7.47. The third-order valence-corrected chi connectivity index (χ3v) is 10.7. The van der Waals surface area contributed by atoms with E-state index in [0.717, 1.165) is 32.1 Å². The number of hydrogen-bond acceptors (Lipinski definition) is 6. The summed E-state index contributed by atoms with van der Waals surface area (Å²) < 4.78 is 34.9. The van der Waals surface area contributed by atoms with E-state index in [4.69, 9.17) is 18.5 Å². The van der Waals surface area contributed by atoms with E-state index in [1.165, 1.54) is 154 Å². The van der Waals surface area contributed by atoms with Gasteiger partial charge in [-0.2, -0.15) is 0 Å². The Morgan fingerprint density at radius 2 is 0.902 bits per heavy atom. The molecule has 306 valence electrons. The van der Waals surface area contributed by atoms with Crippen LogP contribution in [0.2, 0.25) is 0 Å². The second-order valence-corrected chi connectivity index (χ2v) is 17.5. The molecule has 2 atom stereocenters. The van der Waals surface area contributed by atoms with E-state index in [-0.39, 0.29) is 25.8 Å². The van der Waals surface area contributed by atoms with Crippen molar-refractivity contribution >= 4 is 13.8 Å². The number of unbranched alkanes of at least 4 members (excludes halogenated alkanes) is 27. The lowest BCUT2D eigenvalue weighted by Crippen LogP contribution is -2.37. The van der Waals surface area contributed by atoms with Crippen LogP contribution in [0.25, 0.3) is 0 Å². The van der Waals surface area contributed by atoms with Crippen molar-refractivity contribution in [1.29, 1.82) is 0 Å². The summed E-state index contributed by atoms with van der Waals surface area (Å²) in [6, 6.07) is 0. The molecule has 0 aromatic heterocycles. The number of esters is 1. The van der Waals surface area contributed by atoms with Crippen molar-refractivity contribution in [3.8, 4) is 0 Å². The van der Waals surface area contributed by atoms with E-state index >= 15 is 0 Å². The molecule has 0 aliphatic carbocycles. The number of hydrogen-bond donors (Lipinski definition) is 1. The summed E-state index contributed by atoms with van der Waals surface area (Å²) in [4.78, 5) is 22.8. The number of nitrogens with zero attached hydrogens (tertiary/aromatic N) is 1. The Labute approximate surface area is 317 Å². The topological polar surface area (TPSA) is 91.3 Å². The maximum absolute atomic E-state index is 12.7. The van der Waals surface area contributed by atoms with Crippen molar-refractivity contribution in [3.05, 3.63) is 0 Å². The molecule has 0 aliphatic heterocycles. The van der Waals surface area contributed by atoms with Gasteiger partial charge in [0.2, 0.25) is 0 Å². The maximum Gasteiger partial charge on any atom is 0.472 e. The number of quaternary nitrogens is 1. The first-order valence-electron chi connectivity index (χ1n) is 21.8. The Morgan fingerprint density at radius 1 is 0.529 bits per heavy atom. The monoisotopic (exact) mass is 749 g/mol. The normalized spacial score (nSPS) is 13.8. The second kappa shape index (κ2) is 36.5. The van der Waals surface area contributed by atoms with Gasteiger partial charge in [-0.1, -0.05) is 187 Å². The number of carbonyl (C=O) groups is 1. The van der Waals surface area contributed by atoms with Crippen LogP contribution < -0.4 is 0 Å². The van der Waals surface area contributed by atoms with Gasteiger partial charge in [0.1, 0.15) is 19.3 Å². The molecule has 0 aliphatic rings. The molecule has 0 amide bonds. The van der Waals surface area contributed by atoms with Crippen LogP contribution in [0, 0.1) is 0 Å². The summed E-state index contributed by atoms with van der Waals surface area (Å²) >= 11 is 0. The highest BCUT2D eigenvalue weighted by Crippen LogP contribution is 2.43. The molecule has 0 saturated carbocycles. The fraction of sp³-hybridized carbons (Fsp3) is 0.976. The van der Waals surface area contributed by atoms with Gasteiger partial charge in [-0.25, -0.2) is 4.57 Å².